The zero-order valence-electron chi connectivity index (χ0n) is 8.84. The number of benzene rings is 1. The highest BCUT2D eigenvalue weighted by molar-refractivity contribution is 5.20. The van der Waals surface area contributed by atoms with Crippen LogP contribution in [-0.4, -0.2) is 6.61 Å². The number of rotatable bonds is 3. The van der Waals surface area contributed by atoms with Crippen molar-refractivity contribution in [2.24, 2.45) is 5.92 Å². The van der Waals surface area contributed by atoms with Gasteiger partial charge in [0.05, 0.1) is 12.7 Å². The monoisotopic (exact) mass is 207 g/mol. The predicted molar refractivity (Wildman–Crippen MR) is 57.3 cm³/mol. The molecule has 81 valence electrons. The van der Waals surface area contributed by atoms with E-state index in [-0.39, 0.29) is 5.82 Å². The maximum Gasteiger partial charge on any atom is 0.135 e. The predicted octanol–water partition coefficient (Wildman–Crippen LogP) is 3.58. The highest BCUT2D eigenvalue weighted by Gasteiger charge is 2.13. The molecule has 1 saturated carbocycles. The minimum atomic E-state index is -0.351. The normalized spacial score (nSPS) is 17.7. The van der Waals surface area contributed by atoms with E-state index >= 15 is 0 Å². The SMILES string of the molecule is Fc1[c]c(OCC2CCCCC2)ccc1. The summed E-state index contributed by atoms with van der Waals surface area (Å²) in [5, 5.41) is 0. The molecule has 0 spiro atoms. The van der Waals surface area contributed by atoms with Gasteiger partial charge in [-0.05, 0) is 30.9 Å². The molecule has 0 unspecified atom stereocenters. The molecule has 15 heavy (non-hydrogen) atoms. The van der Waals surface area contributed by atoms with Gasteiger partial charge in [0.15, 0.2) is 0 Å². The van der Waals surface area contributed by atoms with Crippen LogP contribution in [0.3, 0.4) is 0 Å². The molecule has 1 aromatic carbocycles. The number of hydrogen-bond acceptors (Lipinski definition) is 1. The van der Waals surface area contributed by atoms with Crippen molar-refractivity contribution < 1.29 is 9.13 Å². The van der Waals surface area contributed by atoms with E-state index in [1.54, 1.807) is 12.1 Å². The molecule has 1 aliphatic rings. The second-order valence-electron chi connectivity index (χ2n) is 4.18. The molecule has 0 aliphatic heterocycles. The van der Waals surface area contributed by atoms with E-state index in [2.05, 4.69) is 6.07 Å². The van der Waals surface area contributed by atoms with E-state index in [1.807, 2.05) is 0 Å². The van der Waals surface area contributed by atoms with Crippen molar-refractivity contribution in [2.45, 2.75) is 32.1 Å². The van der Waals surface area contributed by atoms with Crippen molar-refractivity contribution in [2.75, 3.05) is 6.61 Å². The average molecular weight is 207 g/mol. The molecule has 2 heteroatoms. The summed E-state index contributed by atoms with van der Waals surface area (Å²) in [4.78, 5) is 0. The smallest absolute Gasteiger partial charge is 0.135 e. The Morgan fingerprint density at radius 1 is 1.27 bits per heavy atom. The quantitative estimate of drug-likeness (QED) is 0.736. The lowest BCUT2D eigenvalue weighted by atomic mass is 9.90. The van der Waals surface area contributed by atoms with Crippen molar-refractivity contribution in [1.82, 2.24) is 0 Å². The molecule has 1 aliphatic carbocycles. The molecule has 1 radical (unpaired) electrons. The average Bonchev–Trinajstić information content (AvgIpc) is 2.28. The van der Waals surface area contributed by atoms with Gasteiger partial charge < -0.3 is 4.74 Å². The molecular weight excluding hydrogens is 191 g/mol. The number of hydrogen-bond donors (Lipinski definition) is 0. The van der Waals surface area contributed by atoms with Gasteiger partial charge in [0, 0.05) is 0 Å². The van der Waals surface area contributed by atoms with Gasteiger partial charge in [-0.3, -0.25) is 0 Å². The van der Waals surface area contributed by atoms with Crippen LogP contribution in [0.4, 0.5) is 4.39 Å². The van der Waals surface area contributed by atoms with Crippen molar-refractivity contribution in [3.8, 4) is 5.75 Å². The van der Waals surface area contributed by atoms with Crippen LogP contribution < -0.4 is 4.74 Å². The summed E-state index contributed by atoms with van der Waals surface area (Å²) in [6, 6.07) is 7.35. The standard InChI is InChI=1S/C13H16FO/c14-12-7-4-8-13(9-12)15-10-11-5-2-1-3-6-11/h4,7-8,11H,1-3,5-6,10H2. The highest BCUT2D eigenvalue weighted by Crippen LogP contribution is 2.24. The van der Waals surface area contributed by atoms with Crippen LogP contribution in [0.15, 0.2) is 18.2 Å². The minimum Gasteiger partial charge on any atom is -0.493 e. The van der Waals surface area contributed by atoms with E-state index in [0.29, 0.717) is 18.3 Å². The summed E-state index contributed by atoms with van der Waals surface area (Å²) in [6.07, 6.45) is 6.45. The van der Waals surface area contributed by atoms with Crippen LogP contribution in [0.2, 0.25) is 0 Å². The van der Waals surface area contributed by atoms with Gasteiger partial charge in [-0.15, -0.1) is 0 Å². The van der Waals surface area contributed by atoms with Crippen LogP contribution in [0, 0.1) is 17.8 Å². The Kier molecular flexibility index (Phi) is 3.59. The van der Waals surface area contributed by atoms with Crippen LogP contribution in [0.5, 0.6) is 5.75 Å². The van der Waals surface area contributed by atoms with E-state index in [4.69, 9.17) is 4.74 Å². The minimum absolute atomic E-state index is 0.351. The molecule has 0 heterocycles. The Balaban J connectivity index is 1.81. The van der Waals surface area contributed by atoms with E-state index in [1.165, 1.54) is 38.2 Å². The molecule has 0 atom stereocenters. The maximum atomic E-state index is 12.8. The Morgan fingerprint density at radius 2 is 2.07 bits per heavy atom. The lowest BCUT2D eigenvalue weighted by Gasteiger charge is -2.21. The fraction of sp³-hybridized carbons (Fsp3) is 0.538. The third-order valence-electron chi connectivity index (χ3n) is 2.93. The summed E-state index contributed by atoms with van der Waals surface area (Å²) in [5.74, 6) is 0.826. The van der Waals surface area contributed by atoms with Crippen molar-refractivity contribution in [1.29, 1.82) is 0 Å². The summed E-state index contributed by atoms with van der Waals surface area (Å²) in [6.45, 7) is 0.708. The van der Waals surface area contributed by atoms with Gasteiger partial charge in [0.25, 0.3) is 0 Å². The maximum absolute atomic E-state index is 12.8. The number of ether oxygens (including phenoxy) is 1. The van der Waals surface area contributed by atoms with Crippen LogP contribution in [0.1, 0.15) is 32.1 Å². The third kappa shape index (κ3) is 3.22. The summed E-state index contributed by atoms with van der Waals surface area (Å²) in [5.41, 5.74) is 0. The first-order valence-corrected chi connectivity index (χ1v) is 5.65. The van der Waals surface area contributed by atoms with Crippen molar-refractivity contribution >= 4 is 0 Å². The Labute approximate surface area is 90.3 Å². The van der Waals surface area contributed by atoms with Crippen molar-refractivity contribution in [3.05, 3.63) is 30.1 Å². The van der Waals surface area contributed by atoms with Crippen LogP contribution in [-0.2, 0) is 0 Å². The van der Waals surface area contributed by atoms with Gasteiger partial charge in [-0.1, -0.05) is 25.3 Å². The lowest BCUT2D eigenvalue weighted by Crippen LogP contribution is -2.15. The van der Waals surface area contributed by atoms with Gasteiger partial charge in [-0.25, -0.2) is 4.39 Å². The van der Waals surface area contributed by atoms with Gasteiger partial charge in [0.1, 0.15) is 11.6 Å². The highest BCUT2D eigenvalue weighted by atomic mass is 19.1. The second-order valence-corrected chi connectivity index (χ2v) is 4.18. The van der Waals surface area contributed by atoms with Crippen LogP contribution in [0.25, 0.3) is 0 Å². The van der Waals surface area contributed by atoms with E-state index in [9.17, 15) is 4.39 Å². The summed E-state index contributed by atoms with van der Waals surface area (Å²) in [7, 11) is 0. The first-order valence-electron chi connectivity index (χ1n) is 5.65. The first-order chi connectivity index (χ1) is 7.34. The summed E-state index contributed by atoms with van der Waals surface area (Å²) < 4.78 is 18.3. The molecule has 0 bridgehead atoms. The van der Waals surface area contributed by atoms with Gasteiger partial charge in [-0.2, -0.15) is 0 Å². The molecule has 0 aromatic heterocycles. The van der Waals surface area contributed by atoms with Gasteiger partial charge >= 0.3 is 0 Å². The molecule has 0 N–H and O–H groups in total. The molecular formula is C13H16FO. The fourth-order valence-corrected chi connectivity index (χ4v) is 2.07. The van der Waals surface area contributed by atoms with E-state index in [0.717, 1.165) is 0 Å². The lowest BCUT2D eigenvalue weighted by molar-refractivity contribution is 0.208. The molecule has 1 fully saturated rings. The largest absolute Gasteiger partial charge is 0.493 e. The molecule has 1 aromatic rings. The molecule has 2 rings (SSSR count). The molecule has 1 nitrogen and oxygen atoms in total. The topological polar surface area (TPSA) is 9.23 Å². The zero-order chi connectivity index (χ0) is 10.5. The van der Waals surface area contributed by atoms with Crippen molar-refractivity contribution in [3.63, 3.8) is 0 Å². The zero-order valence-corrected chi connectivity index (χ0v) is 8.84. The molecule has 0 amide bonds. The molecule has 0 saturated heterocycles. The fourth-order valence-electron chi connectivity index (χ4n) is 2.07. The van der Waals surface area contributed by atoms with Gasteiger partial charge in [0.2, 0.25) is 0 Å². The first kappa shape index (κ1) is 10.5. The Morgan fingerprint density at radius 3 is 2.80 bits per heavy atom. The van der Waals surface area contributed by atoms with Crippen LogP contribution >= 0.6 is 0 Å². The second kappa shape index (κ2) is 5.15. The Bertz CT molecular complexity index is 305. The van der Waals surface area contributed by atoms with E-state index < -0.39 is 0 Å². The summed E-state index contributed by atoms with van der Waals surface area (Å²) >= 11 is 0. The number of halogens is 1. The third-order valence-corrected chi connectivity index (χ3v) is 2.93. The Hall–Kier alpha value is -1.05.